The maximum absolute atomic E-state index is 10.6. The van der Waals surface area contributed by atoms with Crippen molar-refractivity contribution in [2.45, 2.75) is 31.4 Å². The van der Waals surface area contributed by atoms with Crippen LogP contribution in [-0.2, 0) is 21.7 Å². The molecule has 0 spiro atoms. The van der Waals surface area contributed by atoms with Crippen LogP contribution in [0.5, 0.6) is 0 Å². The van der Waals surface area contributed by atoms with E-state index in [0.717, 1.165) is 30.4 Å². The summed E-state index contributed by atoms with van der Waals surface area (Å²) < 4.78 is 5.17. The fourth-order valence-electron chi connectivity index (χ4n) is 2.33. The van der Waals surface area contributed by atoms with Crippen LogP contribution >= 0.6 is 11.6 Å². The average molecular weight is 252 g/mol. The van der Waals surface area contributed by atoms with Crippen molar-refractivity contribution >= 4 is 17.7 Å². The molecule has 3 nitrogen and oxygen atoms in total. The Morgan fingerprint density at radius 3 is 2.82 bits per heavy atom. The minimum Gasteiger partial charge on any atom is -0.380 e. The molecule has 1 fully saturated rings. The highest BCUT2D eigenvalue weighted by atomic mass is 35.5. The van der Waals surface area contributed by atoms with Crippen LogP contribution in [0, 0.1) is 0 Å². The summed E-state index contributed by atoms with van der Waals surface area (Å²) in [7, 11) is 1.64. The summed E-state index contributed by atoms with van der Waals surface area (Å²) in [4.78, 5) is 14.6. The number of carbonyl (C=O) groups excluding carboxylic acids is 1. The predicted octanol–water partition coefficient (Wildman–Crippen LogP) is 3.20. The van der Waals surface area contributed by atoms with Gasteiger partial charge in [0.1, 0.15) is 0 Å². The van der Waals surface area contributed by atoms with Crippen LogP contribution < -0.4 is 0 Å². The van der Waals surface area contributed by atoms with Crippen LogP contribution in [0.4, 0.5) is 0 Å². The molecule has 0 unspecified atom stereocenters. The zero-order valence-corrected chi connectivity index (χ0v) is 10.5. The van der Waals surface area contributed by atoms with Crippen molar-refractivity contribution in [3.8, 4) is 0 Å². The van der Waals surface area contributed by atoms with E-state index < -0.39 is 0 Å². The van der Waals surface area contributed by atoms with Crippen molar-refractivity contribution in [1.29, 1.82) is 0 Å². The van der Waals surface area contributed by atoms with Crippen LogP contribution in [0.1, 0.15) is 30.4 Å². The highest BCUT2D eigenvalue weighted by Crippen LogP contribution is 2.46. The smallest absolute Gasteiger partial charge is 0.235 e. The van der Waals surface area contributed by atoms with E-state index in [1.165, 1.54) is 0 Å². The number of methoxy groups -OCH3 is 1. The standard InChI is InChI=1S/C13H14ClNO2/c1-17-8-10-7-11(14)3-4-12(10)13(15-9-16)5-2-6-13/h3-4,7H,2,5-6,8H2,1H3. The number of benzene rings is 1. The Morgan fingerprint density at radius 1 is 1.53 bits per heavy atom. The molecule has 0 bridgehead atoms. The number of isocyanates is 1. The summed E-state index contributed by atoms with van der Waals surface area (Å²) in [5.74, 6) is 0. The molecule has 1 aromatic rings. The van der Waals surface area contributed by atoms with Gasteiger partial charge in [-0.3, -0.25) is 0 Å². The lowest BCUT2D eigenvalue weighted by molar-refractivity contribution is 0.178. The molecule has 0 N–H and O–H groups in total. The number of hydrogen-bond donors (Lipinski definition) is 0. The first-order valence-electron chi connectivity index (χ1n) is 5.59. The summed E-state index contributed by atoms with van der Waals surface area (Å²) >= 11 is 5.98. The molecule has 0 amide bonds. The summed E-state index contributed by atoms with van der Waals surface area (Å²) in [5.41, 5.74) is 1.65. The summed E-state index contributed by atoms with van der Waals surface area (Å²) in [6.07, 6.45) is 4.56. The van der Waals surface area contributed by atoms with E-state index in [2.05, 4.69) is 4.99 Å². The second-order valence-electron chi connectivity index (χ2n) is 4.32. The largest absolute Gasteiger partial charge is 0.380 e. The highest BCUT2D eigenvalue weighted by molar-refractivity contribution is 6.30. The van der Waals surface area contributed by atoms with E-state index in [9.17, 15) is 4.79 Å². The quantitative estimate of drug-likeness (QED) is 0.609. The molecular weight excluding hydrogens is 238 g/mol. The van der Waals surface area contributed by atoms with E-state index in [-0.39, 0.29) is 5.54 Å². The molecule has 0 aliphatic heterocycles. The fourth-order valence-corrected chi connectivity index (χ4v) is 2.53. The number of nitrogens with zero attached hydrogens (tertiary/aromatic N) is 1. The molecule has 1 aliphatic rings. The number of hydrogen-bond acceptors (Lipinski definition) is 3. The van der Waals surface area contributed by atoms with Crippen molar-refractivity contribution in [3.05, 3.63) is 34.3 Å². The molecular formula is C13H14ClNO2. The van der Waals surface area contributed by atoms with Crippen molar-refractivity contribution in [2.24, 2.45) is 4.99 Å². The fraction of sp³-hybridized carbons (Fsp3) is 0.462. The van der Waals surface area contributed by atoms with Gasteiger partial charge in [-0.05, 0) is 42.5 Å². The van der Waals surface area contributed by atoms with E-state index in [0.29, 0.717) is 11.6 Å². The Morgan fingerprint density at radius 2 is 2.29 bits per heavy atom. The molecule has 0 aromatic heterocycles. The van der Waals surface area contributed by atoms with Gasteiger partial charge in [-0.25, -0.2) is 4.79 Å². The van der Waals surface area contributed by atoms with Gasteiger partial charge in [-0.1, -0.05) is 17.7 Å². The van der Waals surface area contributed by atoms with Crippen molar-refractivity contribution in [3.63, 3.8) is 0 Å². The first-order valence-corrected chi connectivity index (χ1v) is 5.96. The van der Waals surface area contributed by atoms with Gasteiger partial charge in [-0.2, -0.15) is 4.99 Å². The Bertz CT molecular complexity index is 462. The van der Waals surface area contributed by atoms with Crippen LogP contribution in [0.3, 0.4) is 0 Å². The van der Waals surface area contributed by atoms with Gasteiger partial charge in [0.25, 0.3) is 0 Å². The normalized spacial score (nSPS) is 17.1. The number of rotatable bonds is 4. The Hall–Kier alpha value is -1.15. The SMILES string of the molecule is COCc1cc(Cl)ccc1C1(N=C=O)CCC1. The van der Waals surface area contributed by atoms with Crippen LogP contribution in [0.15, 0.2) is 23.2 Å². The highest BCUT2D eigenvalue weighted by Gasteiger charge is 2.40. The third-order valence-electron chi connectivity index (χ3n) is 3.31. The number of halogens is 1. The zero-order chi connectivity index (χ0) is 12.3. The van der Waals surface area contributed by atoms with Crippen LogP contribution in [0.25, 0.3) is 0 Å². The third kappa shape index (κ3) is 2.27. The molecule has 0 heterocycles. The van der Waals surface area contributed by atoms with E-state index in [4.69, 9.17) is 16.3 Å². The van der Waals surface area contributed by atoms with Crippen LogP contribution in [0.2, 0.25) is 5.02 Å². The van der Waals surface area contributed by atoms with Gasteiger partial charge in [0.15, 0.2) is 0 Å². The molecule has 1 aromatic carbocycles. The lowest BCUT2D eigenvalue weighted by atomic mass is 9.71. The van der Waals surface area contributed by atoms with E-state index in [1.807, 2.05) is 18.2 Å². The Labute approximate surface area is 105 Å². The van der Waals surface area contributed by atoms with Gasteiger partial charge >= 0.3 is 0 Å². The first-order chi connectivity index (χ1) is 8.22. The minimum atomic E-state index is -0.389. The number of ether oxygens (including phenoxy) is 1. The number of aliphatic imine (C=N–C) groups is 1. The maximum atomic E-state index is 10.6. The lowest BCUT2D eigenvalue weighted by Crippen LogP contribution is -2.33. The Balaban J connectivity index is 2.46. The topological polar surface area (TPSA) is 38.7 Å². The molecule has 0 radical (unpaired) electrons. The summed E-state index contributed by atoms with van der Waals surface area (Å²) in [6, 6.07) is 5.65. The van der Waals surface area contributed by atoms with Gasteiger partial charge in [0.05, 0.1) is 12.1 Å². The molecule has 0 atom stereocenters. The molecule has 1 aliphatic carbocycles. The van der Waals surface area contributed by atoms with Gasteiger partial charge in [0.2, 0.25) is 6.08 Å². The molecule has 1 saturated carbocycles. The van der Waals surface area contributed by atoms with Crippen LogP contribution in [-0.4, -0.2) is 13.2 Å². The third-order valence-corrected chi connectivity index (χ3v) is 3.54. The minimum absolute atomic E-state index is 0.389. The first kappa shape index (κ1) is 12.3. The molecule has 0 saturated heterocycles. The molecule has 2 rings (SSSR count). The second-order valence-corrected chi connectivity index (χ2v) is 4.76. The Kier molecular flexibility index (Phi) is 3.63. The van der Waals surface area contributed by atoms with Crippen molar-refractivity contribution in [1.82, 2.24) is 0 Å². The average Bonchev–Trinajstić information content (AvgIpc) is 2.25. The second kappa shape index (κ2) is 5.01. The van der Waals surface area contributed by atoms with Gasteiger partial charge in [0, 0.05) is 12.1 Å². The maximum Gasteiger partial charge on any atom is 0.235 e. The van der Waals surface area contributed by atoms with Crippen molar-refractivity contribution < 1.29 is 9.53 Å². The van der Waals surface area contributed by atoms with Crippen molar-refractivity contribution in [2.75, 3.05) is 7.11 Å². The monoisotopic (exact) mass is 251 g/mol. The van der Waals surface area contributed by atoms with Gasteiger partial charge < -0.3 is 4.74 Å². The zero-order valence-electron chi connectivity index (χ0n) is 9.70. The molecule has 90 valence electrons. The van der Waals surface area contributed by atoms with E-state index in [1.54, 1.807) is 13.2 Å². The van der Waals surface area contributed by atoms with E-state index >= 15 is 0 Å². The molecule has 4 heteroatoms. The van der Waals surface area contributed by atoms with Gasteiger partial charge in [-0.15, -0.1) is 0 Å². The summed E-state index contributed by atoms with van der Waals surface area (Å²) in [6.45, 7) is 0.478. The lowest BCUT2D eigenvalue weighted by Gasteiger charge is -2.38. The summed E-state index contributed by atoms with van der Waals surface area (Å²) in [5, 5.41) is 0.672. The predicted molar refractivity (Wildman–Crippen MR) is 65.8 cm³/mol. The molecule has 17 heavy (non-hydrogen) atoms.